The highest BCUT2D eigenvalue weighted by molar-refractivity contribution is 4.89. The van der Waals surface area contributed by atoms with Crippen LogP contribution in [0.25, 0.3) is 0 Å². The van der Waals surface area contributed by atoms with Crippen molar-refractivity contribution in [3.63, 3.8) is 0 Å². The summed E-state index contributed by atoms with van der Waals surface area (Å²) in [6, 6.07) is 1.46. The normalized spacial score (nSPS) is 47.1. The number of nitrogens with two attached hydrogens (primary N) is 1. The monoisotopic (exact) mass is 142 g/mol. The quantitative estimate of drug-likeness (QED) is 0.478. The summed E-state index contributed by atoms with van der Waals surface area (Å²) >= 11 is 0. The number of morpholine rings is 1. The molecule has 0 saturated carbocycles. The van der Waals surface area contributed by atoms with Gasteiger partial charge in [-0.1, -0.05) is 0 Å². The minimum Gasteiger partial charge on any atom is -0.378 e. The zero-order valence-corrected chi connectivity index (χ0v) is 6.05. The number of hydrogen-bond acceptors (Lipinski definition) is 3. The lowest BCUT2D eigenvalue weighted by Gasteiger charge is -2.38. The number of rotatable bonds is 0. The van der Waals surface area contributed by atoms with Crippen molar-refractivity contribution < 1.29 is 4.74 Å². The summed E-state index contributed by atoms with van der Waals surface area (Å²) in [6.07, 6.45) is 2.16. The lowest BCUT2D eigenvalue weighted by Crippen LogP contribution is -2.57. The van der Waals surface area contributed by atoms with Gasteiger partial charge in [-0.15, -0.1) is 0 Å². The third kappa shape index (κ3) is 1.17. The minimum absolute atomic E-state index is 0.403. The first kappa shape index (κ1) is 6.58. The zero-order valence-electron chi connectivity index (χ0n) is 6.05. The van der Waals surface area contributed by atoms with Crippen molar-refractivity contribution in [3.05, 3.63) is 0 Å². The van der Waals surface area contributed by atoms with Gasteiger partial charge in [0.05, 0.1) is 13.2 Å². The first-order valence-corrected chi connectivity index (χ1v) is 3.94. The van der Waals surface area contributed by atoms with Gasteiger partial charge < -0.3 is 15.8 Å². The van der Waals surface area contributed by atoms with E-state index in [1.807, 2.05) is 0 Å². The Kier molecular flexibility index (Phi) is 1.64. The van der Waals surface area contributed by atoms with Gasteiger partial charge in [0.1, 0.15) is 0 Å². The number of fused-ring (bicyclic) bond motifs is 2. The fourth-order valence-corrected chi connectivity index (χ4v) is 1.88. The van der Waals surface area contributed by atoms with Crippen LogP contribution >= 0.6 is 0 Å². The molecule has 10 heavy (non-hydrogen) atoms. The van der Waals surface area contributed by atoms with Gasteiger partial charge in [-0.25, -0.2) is 0 Å². The molecule has 2 aliphatic rings. The predicted octanol–water partition coefficient (Wildman–Crippen LogP) is -0.536. The molecular weight excluding hydrogens is 128 g/mol. The molecule has 0 aromatic heterocycles. The van der Waals surface area contributed by atoms with E-state index in [1.54, 1.807) is 0 Å². The molecule has 0 aromatic rings. The highest BCUT2D eigenvalue weighted by Gasteiger charge is 2.29. The van der Waals surface area contributed by atoms with E-state index in [1.165, 1.54) is 0 Å². The number of nitrogens with one attached hydrogen (secondary N) is 1. The van der Waals surface area contributed by atoms with Crippen molar-refractivity contribution in [1.29, 1.82) is 0 Å². The number of ether oxygens (including phenoxy) is 1. The Morgan fingerprint density at radius 2 is 1.80 bits per heavy atom. The van der Waals surface area contributed by atoms with Crippen molar-refractivity contribution >= 4 is 0 Å². The second-order valence-electron chi connectivity index (χ2n) is 3.33. The largest absolute Gasteiger partial charge is 0.378 e. The number of piperidine rings is 1. The highest BCUT2D eigenvalue weighted by Crippen LogP contribution is 2.16. The summed E-state index contributed by atoms with van der Waals surface area (Å²) in [5.41, 5.74) is 5.83. The average Bonchev–Trinajstić information content (AvgIpc) is 1.85. The van der Waals surface area contributed by atoms with Crippen molar-refractivity contribution in [2.45, 2.75) is 31.0 Å². The van der Waals surface area contributed by atoms with Crippen LogP contribution in [0.15, 0.2) is 0 Å². The van der Waals surface area contributed by atoms with Gasteiger partial charge in [-0.3, -0.25) is 0 Å². The summed E-state index contributed by atoms with van der Waals surface area (Å²) in [7, 11) is 0. The minimum atomic E-state index is 0.403. The van der Waals surface area contributed by atoms with Crippen molar-refractivity contribution in [1.82, 2.24) is 5.32 Å². The summed E-state index contributed by atoms with van der Waals surface area (Å²) in [5, 5.41) is 3.48. The van der Waals surface area contributed by atoms with Crippen LogP contribution in [0.4, 0.5) is 0 Å². The fraction of sp³-hybridized carbons (Fsp3) is 1.00. The lowest BCUT2D eigenvalue weighted by molar-refractivity contribution is 0.0188. The van der Waals surface area contributed by atoms with E-state index in [-0.39, 0.29) is 0 Å². The molecule has 2 aliphatic heterocycles. The van der Waals surface area contributed by atoms with Crippen LogP contribution < -0.4 is 11.1 Å². The Hall–Kier alpha value is -0.120. The second kappa shape index (κ2) is 2.49. The van der Waals surface area contributed by atoms with Gasteiger partial charge in [0.2, 0.25) is 0 Å². The molecule has 2 fully saturated rings. The van der Waals surface area contributed by atoms with E-state index in [2.05, 4.69) is 5.32 Å². The van der Waals surface area contributed by atoms with E-state index in [4.69, 9.17) is 10.5 Å². The molecular formula is C7H14N2O. The molecule has 0 aromatic carbocycles. The molecule has 58 valence electrons. The van der Waals surface area contributed by atoms with Gasteiger partial charge in [0.25, 0.3) is 0 Å². The predicted molar refractivity (Wildman–Crippen MR) is 38.7 cm³/mol. The first-order valence-electron chi connectivity index (χ1n) is 3.94. The number of hydrogen-bond donors (Lipinski definition) is 2. The maximum Gasteiger partial charge on any atom is 0.0621 e. The third-order valence-corrected chi connectivity index (χ3v) is 2.28. The van der Waals surface area contributed by atoms with Gasteiger partial charge >= 0.3 is 0 Å². The molecule has 2 saturated heterocycles. The Morgan fingerprint density at radius 3 is 2.40 bits per heavy atom. The molecule has 0 spiro atoms. The maximum absolute atomic E-state index is 5.83. The standard InChI is InChI=1S/C7H14N2O/c8-5-1-6-3-10-4-7(2-5)9-6/h5-7,9H,1-4,8H2. The van der Waals surface area contributed by atoms with Gasteiger partial charge in [0, 0.05) is 18.1 Å². The van der Waals surface area contributed by atoms with Crippen molar-refractivity contribution in [2.24, 2.45) is 5.73 Å². The molecule has 2 atom stereocenters. The molecule has 2 rings (SSSR count). The van der Waals surface area contributed by atoms with Crippen LogP contribution in [0.5, 0.6) is 0 Å². The van der Waals surface area contributed by atoms with Crippen molar-refractivity contribution in [2.75, 3.05) is 13.2 Å². The second-order valence-corrected chi connectivity index (χ2v) is 3.33. The smallest absolute Gasteiger partial charge is 0.0621 e. The van der Waals surface area contributed by atoms with Gasteiger partial charge in [-0.2, -0.15) is 0 Å². The van der Waals surface area contributed by atoms with E-state index in [0.717, 1.165) is 26.1 Å². The van der Waals surface area contributed by atoms with E-state index in [0.29, 0.717) is 18.1 Å². The molecule has 2 heterocycles. The van der Waals surface area contributed by atoms with E-state index < -0.39 is 0 Å². The molecule has 3 heteroatoms. The molecule has 3 nitrogen and oxygen atoms in total. The Balaban J connectivity index is 1.98. The lowest BCUT2D eigenvalue weighted by atomic mass is 9.93. The molecule has 0 aliphatic carbocycles. The van der Waals surface area contributed by atoms with Gasteiger partial charge in [0.15, 0.2) is 0 Å². The molecule has 0 radical (unpaired) electrons. The van der Waals surface area contributed by atoms with Crippen molar-refractivity contribution in [3.8, 4) is 0 Å². The van der Waals surface area contributed by atoms with Crippen LogP contribution in [0.1, 0.15) is 12.8 Å². The molecule has 3 N–H and O–H groups in total. The summed E-state index contributed by atoms with van der Waals surface area (Å²) < 4.78 is 5.37. The highest BCUT2D eigenvalue weighted by atomic mass is 16.5. The zero-order chi connectivity index (χ0) is 6.97. The molecule has 0 amide bonds. The van der Waals surface area contributed by atoms with Crippen LogP contribution in [0.3, 0.4) is 0 Å². The van der Waals surface area contributed by atoms with Crippen LogP contribution in [-0.2, 0) is 4.74 Å². The average molecular weight is 142 g/mol. The topological polar surface area (TPSA) is 47.3 Å². The fourth-order valence-electron chi connectivity index (χ4n) is 1.88. The summed E-state index contributed by atoms with van der Waals surface area (Å²) in [5.74, 6) is 0. The van der Waals surface area contributed by atoms with Gasteiger partial charge in [-0.05, 0) is 12.8 Å². The van der Waals surface area contributed by atoms with E-state index in [9.17, 15) is 0 Å². The molecule has 2 bridgehead atoms. The van der Waals surface area contributed by atoms with Crippen LogP contribution in [0, 0.1) is 0 Å². The Labute approximate surface area is 60.9 Å². The third-order valence-electron chi connectivity index (χ3n) is 2.28. The van der Waals surface area contributed by atoms with Crippen LogP contribution in [-0.4, -0.2) is 31.3 Å². The Bertz CT molecular complexity index is 113. The molecule has 2 unspecified atom stereocenters. The summed E-state index contributed by atoms with van der Waals surface area (Å²) in [6.45, 7) is 1.70. The van der Waals surface area contributed by atoms with Crippen LogP contribution in [0.2, 0.25) is 0 Å². The first-order chi connectivity index (χ1) is 4.84. The SMILES string of the molecule is NC1CC2COCC(C1)N2. The van der Waals surface area contributed by atoms with E-state index >= 15 is 0 Å². The summed E-state index contributed by atoms with van der Waals surface area (Å²) in [4.78, 5) is 0. The maximum atomic E-state index is 5.83. The Morgan fingerprint density at radius 1 is 1.20 bits per heavy atom.